The number of fused-ring (bicyclic) bond motifs is 1. The summed E-state index contributed by atoms with van der Waals surface area (Å²) >= 11 is 1.74. The summed E-state index contributed by atoms with van der Waals surface area (Å²) in [6, 6.07) is 21.9. The Hall–Kier alpha value is -0.790. The van der Waals surface area contributed by atoms with Gasteiger partial charge in [0.1, 0.15) is 0 Å². The molecule has 1 atom stereocenters. The predicted molar refractivity (Wildman–Crippen MR) is 141 cm³/mol. The van der Waals surface area contributed by atoms with Gasteiger partial charge in [0, 0.05) is 0 Å². The Labute approximate surface area is 235 Å². The Morgan fingerprint density at radius 2 is 1.53 bits per heavy atom. The van der Waals surface area contributed by atoms with Crippen molar-refractivity contribution in [1.29, 1.82) is 0 Å². The minimum Gasteiger partial charge on any atom is -1.00 e. The summed E-state index contributed by atoms with van der Waals surface area (Å²) in [4.78, 5) is 0. The van der Waals surface area contributed by atoms with Crippen LogP contribution in [0.4, 0.5) is 0 Å². The molecular weight excluding hydrogens is 551 g/mol. The van der Waals surface area contributed by atoms with Gasteiger partial charge in [-0.25, -0.2) is 5.57 Å². The molecule has 0 aromatic heterocycles. The third kappa shape index (κ3) is 9.34. The van der Waals surface area contributed by atoms with Crippen molar-refractivity contribution in [2.45, 2.75) is 67.0 Å². The van der Waals surface area contributed by atoms with Crippen LogP contribution in [-0.2, 0) is 28.8 Å². The largest absolute Gasteiger partial charge is 1.00 e. The fourth-order valence-corrected chi connectivity index (χ4v) is 3.72. The SMILES string of the molecule is CC(C)(C)c1cccc(-c2c[cH-]c3ccccc23)c1.CC1=[C-]C(C)C(C)=C1C.C[Si](C)=[Zr+2].[Cl-].[Cl-]. The molecule has 4 rings (SSSR count). The fraction of sp³-hybridized carbons (Fsp3) is 0.367. The molecule has 182 valence electrons. The molecular formula is C30H38Cl2SiZr-2. The number of rotatable bonds is 1. The molecule has 3 aromatic carbocycles. The van der Waals surface area contributed by atoms with Crippen LogP contribution in [0, 0.1) is 12.0 Å². The van der Waals surface area contributed by atoms with Crippen LogP contribution in [0.2, 0.25) is 13.1 Å². The van der Waals surface area contributed by atoms with Gasteiger partial charge in [-0.3, -0.25) is 6.08 Å². The summed E-state index contributed by atoms with van der Waals surface area (Å²) < 4.78 is 0. The van der Waals surface area contributed by atoms with Crippen LogP contribution in [-0.4, -0.2) is 5.43 Å². The monoisotopic (exact) mass is 586 g/mol. The average molecular weight is 589 g/mol. The van der Waals surface area contributed by atoms with Crippen molar-refractivity contribution in [2.75, 3.05) is 0 Å². The van der Waals surface area contributed by atoms with Crippen molar-refractivity contribution < 1.29 is 48.1 Å². The maximum absolute atomic E-state index is 3.36. The molecule has 0 heterocycles. The Bertz CT molecular complexity index is 1140. The molecule has 0 aliphatic heterocycles. The van der Waals surface area contributed by atoms with Crippen molar-refractivity contribution in [2.24, 2.45) is 5.92 Å². The van der Waals surface area contributed by atoms with Crippen LogP contribution in [0.3, 0.4) is 0 Å². The van der Waals surface area contributed by atoms with Gasteiger partial charge in [-0.05, 0) is 11.0 Å². The zero-order valence-electron chi connectivity index (χ0n) is 22.1. The molecule has 34 heavy (non-hydrogen) atoms. The third-order valence-corrected chi connectivity index (χ3v) is 5.96. The van der Waals surface area contributed by atoms with Crippen molar-refractivity contribution >= 4 is 16.2 Å². The van der Waals surface area contributed by atoms with Crippen LogP contribution < -0.4 is 24.8 Å². The predicted octanol–water partition coefficient (Wildman–Crippen LogP) is 3.04. The first-order chi connectivity index (χ1) is 14.9. The smallest absolute Gasteiger partial charge is 1.00 e. The molecule has 0 fully saturated rings. The molecule has 0 spiro atoms. The normalized spacial score (nSPS) is 14.7. The molecule has 4 heteroatoms. The second-order valence-corrected chi connectivity index (χ2v) is 19.3. The molecule has 0 saturated carbocycles. The number of hydrogen-bond donors (Lipinski definition) is 0. The second kappa shape index (κ2) is 14.7. The van der Waals surface area contributed by atoms with E-state index in [0.29, 0.717) is 5.92 Å². The van der Waals surface area contributed by atoms with E-state index in [1.54, 1.807) is 23.3 Å². The molecule has 0 radical (unpaired) electrons. The summed E-state index contributed by atoms with van der Waals surface area (Å²) in [6.45, 7) is 20.1. The van der Waals surface area contributed by atoms with Crippen LogP contribution in [0.15, 0.2) is 77.4 Å². The van der Waals surface area contributed by atoms with E-state index in [2.05, 4.69) is 128 Å². The maximum Gasteiger partial charge on any atom is -1.00 e. The molecule has 3 aromatic rings. The maximum atomic E-state index is 3.36. The van der Waals surface area contributed by atoms with Crippen LogP contribution in [0.5, 0.6) is 0 Å². The van der Waals surface area contributed by atoms with Crippen molar-refractivity contribution in [3.05, 3.63) is 89.0 Å². The summed E-state index contributed by atoms with van der Waals surface area (Å²) in [5.41, 5.74) is 8.68. The first-order valence-electron chi connectivity index (χ1n) is 11.5. The van der Waals surface area contributed by atoms with E-state index in [1.165, 1.54) is 44.2 Å². The van der Waals surface area contributed by atoms with Gasteiger partial charge in [0.15, 0.2) is 0 Å². The molecule has 1 aliphatic carbocycles. The Morgan fingerprint density at radius 3 is 2.00 bits per heavy atom. The Morgan fingerprint density at radius 1 is 0.941 bits per heavy atom. The minimum absolute atomic E-state index is 0. The van der Waals surface area contributed by atoms with Gasteiger partial charge in [0.2, 0.25) is 0 Å². The van der Waals surface area contributed by atoms with Crippen molar-refractivity contribution in [3.8, 4) is 11.1 Å². The standard InChI is InChI=1S/C19H19.C9H13.C2H6Si.2ClH.Zr/c1-19(2,3)16-9-6-8-15(13-16)18-12-11-14-7-4-5-10-17(14)18;1-6-5-7(2)9(4)8(6)3;1-3-2;;;/h4-13H,1-3H3;6H,1-4H3;1-2H3;2*1H;/q2*-1;;;;+2/p-2. The molecule has 0 N–H and O–H groups in total. The summed E-state index contributed by atoms with van der Waals surface area (Å²) in [7, 11) is 0. The van der Waals surface area contributed by atoms with E-state index in [0.717, 1.165) is 0 Å². The fourth-order valence-electron chi connectivity index (χ4n) is 3.72. The molecule has 0 nitrogen and oxygen atoms in total. The average Bonchev–Trinajstić information content (AvgIpc) is 3.24. The molecule has 0 amide bonds. The van der Waals surface area contributed by atoms with Gasteiger partial charge in [-0.2, -0.15) is 11.1 Å². The van der Waals surface area contributed by atoms with Crippen LogP contribution in [0.25, 0.3) is 21.9 Å². The first-order valence-corrected chi connectivity index (χ1v) is 17.7. The topological polar surface area (TPSA) is 0 Å². The summed E-state index contributed by atoms with van der Waals surface area (Å²) in [5, 5.41) is 2.66. The van der Waals surface area contributed by atoms with Crippen molar-refractivity contribution in [1.82, 2.24) is 0 Å². The quantitative estimate of drug-likeness (QED) is 0.303. The van der Waals surface area contributed by atoms with E-state index in [1.807, 2.05) is 0 Å². The Kier molecular flexibility index (Phi) is 14.4. The zero-order valence-corrected chi connectivity index (χ0v) is 27.1. The van der Waals surface area contributed by atoms with Gasteiger partial charge < -0.3 is 24.8 Å². The number of benzene rings is 2. The van der Waals surface area contributed by atoms with Gasteiger partial charge >= 0.3 is 41.9 Å². The van der Waals surface area contributed by atoms with Gasteiger partial charge in [0.25, 0.3) is 0 Å². The minimum atomic E-state index is 0. The number of allylic oxidation sites excluding steroid dienone is 4. The van der Waals surface area contributed by atoms with E-state index < -0.39 is 0 Å². The van der Waals surface area contributed by atoms with E-state index in [-0.39, 0.29) is 35.7 Å². The Balaban J connectivity index is 0.000000614. The van der Waals surface area contributed by atoms with Crippen molar-refractivity contribution in [3.63, 3.8) is 0 Å². The van der Waals surface area contributed by atoms with E-state index in [4.69, 9.17) is 0 Å². The molecule has 0 saturated heterocycles. The summed E-state index contributed by atoms with van der Waals surface area (Å²) in [6.07, 6.45) is 3.36. The number of halogens is 2. The zero-order chi connectivity index (χ0) is 24.1. The molecule has 0 bridgehead atoms. The van der Waals surface area contributed by atoms with Gasteiger partial charge in [-0.1, -0.05) is 83.4 Å². The molecule has 1 unspecified atom stereocenters. The van der Waals surface area contributed by atoms with E-state index in [9.17, 15) is 0 Å². The van der Waals surface area contributed by atoms with Gasteiger partial charge in [0.05, 0.1) is 0 Å². The van der Waals surface area contributed by atoms with Crippen LogP contribution >= 0.6 is 0 Å². The number of hydrogen-bond acceptors (Lipinski definition) is 0. The summed E-state index contributed by atoms with van der Waals surface area (Å²) in [5.74, 6) is 0.560. The van der Waals surface area contributed by atoms with Gasteiger partial charge in [-0.15, -0.1) is 53.6 Å². The second-order valence-electron chi connectivity index (χ2n) is 9.96. The first kappa shape index (κ1) is 33.2. The van der Waals surface area contributed by atoms with Crippen LogP contribution in [0.1, 0.15) is 54.0 Å². The third-order valence-electron chi connectivity index (χ3n) is 5.96. The molecule has 1 aliphatic rings. The van der Waals surface area contributed by atoms with E-state index >= 15 is 0 Å².